The first-order chi connectivity index (χ1) is 17.0. The summed E-state index contributed by atoms with van der Waals surface area (Å²) in [5.74, 6) is 0.0593. The van der Waals surface area contributed by atoms with Gasteiger partial charge in [-0.3, -0.25) is 9.89 Å². The van der Waals surface area contributed by atoms with Crippen LogP contribution in [0.4, 0.5) is 16.2 Å². The first-order valence-electron chi connectivity index (χ1n) is 11.2. The molecule has 1 aliphatic heterocycles. The largest absolute Gasteiger partial charge is 0.465 e. The first kappa shape index (κ1) is 22.4. The number of ether oxygens (including phenoxy) is 1. The van der Waals surface area contributed by atoms with Crippen molar-refractivity contribution < 1.29 is 19.4 Å². The van der Waals surface area contributed by atoms with Crippen molar-refractivity contribution >= 4 is 34.4 Å². The standard InChI is InChI=1S/C24H25N7O4/c1-30-19-8-7-16(31-9-11-35-12-10-31)13-17(19)26-22(30)21-18(14-25-29-21)27-23(32)20(28-24(33)34)15-5-3-2-4-6-15/h2-8,13-14,20,28H,9-12H2,1H3,(H,25,29)(H,27,32)(H,33,34). The third-order valence-electron chi connectivity index (χ3n) is 6.02. The van der Waals surface area contributed by atoms with E-state index in [1.54, 1.807) is 30.3 Å². The van der Waals surface area contributed by atoms with Crippen LogP contribution in [0.3, 0.4) is 0 Å². The third-order valence-corrected chi connectivity index (χ3v) is 6.02. The van der Waals surface area contributed by atoms with Crippen LogP contribution in [-0.4, -0.2) is 63.2 Å². The van der Waals surface area contributed by atoms with Crippen LogP contribution in [-0.2, 0) is 16.6 Å². The number of benzene rings is 2. The maximum absolute atomic E-state index is 13.1. The maximum Gasteiger partial charge on any atom is 0.405 e. The van der Waals surface area contributed by atoms with Crippen molar-refractivity contribution in [1.29, 1.82) is 0 Å². The lowest BCUT2D eigenvalue weighted by Gasteiger charge is -2.28. The van der Waals surface area contributed by atoms with Crippen LogP contribution in [0.15, 0.2) is 54.7 Å². The minimum absolute atomic E-state index is 0.398. The smallest absolute Gasteiger partial charge is 0.405 e. The zero-order chi connectivity index (χ0) is 24.4. The molecule has 2 aromatic carbocycles. The Bertz CT molecular complexity index is 1360. The molecule has 2 amide bonds. The SMILES string of the molecule is Cn1c(-c2[nH]ncc2NC(=O)C(NC(=O)O)c2ccccc2)nc2cc(N3CCOCC3)ccc21. The number of fused-ring (bicyclic) bond motifs is 1. The fraction of sp³-hybridized carbons (Fsp3) is 0.250. The van der Waals surface area contributed by atoms with Crippen LogP contribution in [0.25, 0.3) is 22.6 Å². The molecule has 0 saturated carbocycles. The number of rotatable bonds is 6. The van der Waals surface area contributed by atoms with Crippen molar-refractivity contribution in [2.24, 2.45) is 7.05 Å². The van der Waals surface area contributed by atoms with Gasteiger partial charge in [-0.15, -0.1) is 0 Å². The van der Waals surface area contributed by atoms with Gasteiger partial charge in [0, 0.05) is 25.8 Å². The number of morpholine rings is 1. The molecule has 3 heterocycles. The third kappa shape index (κ3) is 4.53. The highest BCUT2D eigenvalue weighted by atomic mass is 16.5. The molecule has 1 fully saturated rings. The van der Waals surface area contributed by atoms with Gasteiger partial charge in [0.1, 0.15) is 11.7 Å². The Morgan fingerprint density at radius 3 is 2.66 bits per heavy atom. The van der Waals surface area contributed by atoms with E-state index >= 15 is 0 Å². The van der Waals surface area contributed by atoms with Gasteiger partial charge in [-0.25, -0.2) is 9.78 Å². The number of imidazole rings is 1. The van der Waals surface area contributed by atoms with Crippen molar-refractivity contribution in [1.82, 2.24) is 25.1 Å². The van der Waals surface area contributed by atoms with E-state index in [-0.39, 0.29) is 0 Å². The first-order valence-corrected chi connectivity index (χ1v) is 11.2. The number of H-pyrrole nitrogens is 1. The molecule has 0 aliphatic carbocycles. The summed E-state index contributed by atoms with van der Waals surface area (Å²) in [7, 11) is 1.89. The molecule has 5 rings (SSSR count). The van der Waals surface area contributed by atoms with Gasteiger partial charge in [0.25, 0.3) is 5.91 Å². The fourth-order valence-corrected chi connectivity index (χ4v) is 4.26. The van der Waals surface area contributed by atoms with Crippen LogP contribution in [0.2, 0.25) is 0 Å². The van der Waals surface area contributed by atoms with E-state index in [1.807, 2.05) is 23.7 Å². The number of hydrogen-bond donors (Lipinski definition) is 4. The highest BCUT2D eigenvalue weighted by Crippen LogP contribution is 2.30. The van der Waals surface area contributed by atoms with E-state index in [4.69, 9.17) is 9.72 Å². The molecule has 11 nitrogen and oxygen atoms in total. The van der Waals surface area contributed by atoms with Crippen LogP contribution in [0.5, 0.6) is 0 Å². The number of carbonyl (C=O) groups is 2. The molecular weight excluding hydrogens is 450 g/mol. The second-order valence-corrected chi connectivity index (χ2v) is 8.21. The highest BCUT2D eigenvalue weighted by molar-refractivity contribution is 5.99. The predicted octanol–water partition coefficient (Wildman–Crippen LogP) is 2.75. The van der Waals surface area contributed by atoms with Gasteiger partial charge in [-0.1, -0.05) is 30.3 Å². The number of aromatic amines is 1. The average molecular weight is 476 g/mol. The van der Waals surface area contributed by atoms with Crippen molar-refractivity contribution in [3.8, 4) is 11.5 Å². The van der Waals surface area contributed by atoms with E-state index in [9.17, 15) is 14.7 Å². The van der Waals surface area contributed by atoms with Crippen molar-refractivity contribution in [3.05, 3.63) is 60.3 Å². The monoisotopic (exact) mass is 475 g/mol. The van der Waals surface area contributed by atoms with Gasteiger partial charge in [-0.2, -0.15) is 5.10 Å². The molecule has 1 atom stereocenters. The minimum Gasteiger partial charge on any atom is -0.465 e. The summed E-state index contributed by atoms with van der Waals surface area (Å²) in [4.78, 5) is 31.5. The Hall–Kier alpha value is -4.38. The number of carboxylic acid groups (broad SMARTS) is 1. The second kappa shape index (κ2) is 9.47. The maximum atomic E-state index is 13.1. The molecule has 180 valence electrons. The number of aryl methyl sites for hydroxylation is 1. The summed E-state index contributed by atoms with van der Waals surface area (Å²) in [5, 5.41) is 21.3. The van der Waals surface area contributed by atoms with Crippen LogP contribution in [0.1, 0.15) is 11.6 Å². The summed E-state index contributed by atoms with van der Waals surface area (Å²) in [5.41, 5.74) is 4.26. The van der Waals surface area contributed by atoms with Crippen molar-refractivity contribution in [2.75, 3.05) is 36.5 Å². The molecule has 11 heteroatoms. The van der Waals surface area contributed by atoms with E-state index in [1.165, 1.54) is 6.20 Å². The normalized spacial score (nSPS) is 14.6. The molecule has 1 aliphatic rings. The van der Waals surface area contributed by atoms with Gasteiger partial charge in [-0.05, 0) is 23.8 Å². The van der Waals surface area contributed by atoms with E-state index in [2.05, 4.69) is 31.8 Å². The fourth-order valence-electron chi connectivity index (χ4n) is 4.26. The van der Waals surface area contributed by atoms with Gasteiger partial charge in [0.15, 0.2) is 5.82 Å². The lowest BCUT2D eigenvalue weighted by Crippen LogP contribution is -2.36. The summed E-state index contributed by atoms with van der Waals surface area (Å²) in [6.07, 6.45) is 0.182. The molecule has 0 bridgehead atoms. The number of hydrogen-bond acceptors (Lipinski definition) is 6. The molecule has 4 N–H and O–H groups in total. The van der Waals surface area contributed by atoms with Gasteiger partial charge in [0.05, 0.1) is 36.1 Å². The summed E-state index contributed by atoms with van der Waals surface area (Å²) in [6.45, 7) is 3.05. The Kier molecular flexibility index (Phi) is 6.06. The van der Waals surface area contributed by atoms with Crippen molar-refractivity contribution in [2.45, 2.75) is 6.04 Å². The topological polar surface area (TPSA) is 137 Å². The van der Waals surface area contributed by atoms with Crippen molar-refractivity contribution in [3.63, 3.8) is 0 Å². The Balaban J connectivity index is 1.44. The summed E-state index contributed by atoms with van der Waals surface area (Å²) < 4.78 is 7.37. The molecule has 1 saturated heterocycles. The molecule has 0 spiro atoms. The molecular formula is C24H25N7O4. The molecule has 2 aromatic heterocycles. The minimum atomic E-state index is -1.30. The second-order valence-electron chi connectivity index (χ2n) is 8.21. The lowest BCUT2D eigenvalue weighted by atomic mass is 10.1. The van der Waals surface area contributed by atoms with Gasteiger partial charge >= 0.3 is 6.09 Å². The Morgan fingerprint density at radius 1 is 1.14 bits per heavy atom. The molecule has 1 unspecified atom stereocenters. The molecule has 4 aromatic rings. The Labute approximate surface area is 200 Å². The predicted molar refractivity (Wildman–Crippen MR) is 130 cm³/mol. The lowest BCUT2D eigenvalue weighted by molar-refractivity contribution is -0.118. The summed E-state index contributed by atoms with van der Waals surface area (Å²) >= 11 is 0. The Morgan fingerprint density at radius 2 is 1.91 bits per heavy atom. The number of nitrogens with one attached hydrogen (secondary N) is 3. The van der Waals surface area contributed by atoms with Crippen LogP contribution in [0, 0.1) is 0 Å². The average Bonchev–Trinajstić information content (AvgIpc) is 3.46. The van der Waals surface area contributed by atoms with Crippen LogP contribution < -0.4 is 15.5 Å². The van der Waals surface area contributed by atoms with Gasteiger partial charge < -0.3 is 29.9 Å². The van der Waals surface area contributed by atoms with E-state index in [0.717, 1.165) is 29.8 Å². The highest BCUT2D eigenvalue weighted by Gasteiger charge is 2.25. The zero-order valence-electron chi connectivity index (χ0n) is 19.1. The molecule has 0 radical (unpaired) electrons. The van der Waals surface area contributed by atoms with Crippen LogP contribution >= 0.6 is 0 Å². The number of carbonyl (C=O) groups excluding carboxylic acids is 1. The van der Waals surface area contributed by atoms with E-state index in [0.29, 0.717) is 36.0 Å². The quantitative estimate of drug-likeness (QED) is 0.336. The van der Waals surface area contributed by atoms with E-state index < -0.39 is 18.0 Å². The number of nitrogens with zero attached hydrogens (tertiary/aromatic N) is 4. The zero-order valence-corrected chi connectivity index (χ0v) is 19.1. The number of anilines is 2. The molecule has 35 heavy (non-hydrogen) atoms. The summed E-state index contributed by atoms with van der Waals surface area (Å²) in [6, 6.07) is 13.7. The number of amides is 2. The number of aromatic nitrogens is 4. The van der Waals surface area contributed by atoms with Gasteiger partial charge in [0.2, 0.25) is 0 Å².